The predicted molar refractivity (Wildman–Crippen MR) is 66.8 cm³/mol. The van der Waals surface area contributed by atoms with Gasteiger partial charge in [0.25, 0.3) is 0 Å². The number of nitrogens with one attached hydrogen (secondary N) is 1. The smallest absolute Gasteiger partial charge is 0.211 e. The number of hydrogen-bond donors (Lipinski definition) is 2. The zero-order valence-electron chi connectivity index (χ0n) is 9.75. The zero-order valence-corrected chi connectivity index (χ0v) is 11.4. The van der Waals surface area contributed by atoms with Gasteiger partial charge in [0.2, 0.25) is 10.0 Å². The Labute approximate surface area is 99.5 Å². The van der Waals surface area contributed by atoms with Gasteiger partial charge < -0.3 is 5.73 Å². The molecule has 0 aliphatic rings. The average Bonchev–Trinajstić information content (AvgIpc) is 2.14. The maximum atomic E-state index is 11.3. The SMILES string of the molecule is CCCS(=O)(=O)NCC(N)(CC)CC.Cl. The van der Waals surface area contributed by atoms with Gasteiger partial charge in [0.05, 0.1) is 5.75 Å². The van der Waals surface area contributed by atoms with E-state index in [1.165, 1.54) is 0 Å². The van der Waals surface area contributed by atoms with Gasteiger partial charge in [-0.3, -0.25) is 0 Å². The molecule has 0 amide bonds. The first kappa shape index (κ1) is 17.6. The summed E-state index contributed by atoms with van der Waals surface area (Å²) in [7, 11) is -3.12. The Kier molecular flexibility index (Phi) is 8.70. The summed E-state index contributed by atoms with van der Waals surface area (Å²) in [4.78, 5) is 0. The van der Waals surface area contributed by atoms with Gasteiger partial charge in [-0.2, -0.15) is 0 Å². The molecule has 0 saturated heterocycles. The number of rotatable bonds is 7. The second-order valence-electron chi connectivity index (χ2n) is 3.71. The molecule has 15 heavy (non-hydrogen) atoms. The highest BCUT2D eigenvalue weighted by Gasteiger charge is 2.22. The molecule has 0 aliphatic carbocycles. The second kappa shape index (κ2) is 7.44. The molecule has 0 unspecified atom stereocenters. The fourth-order valence-corrected chi connectivity index (χ4v) is 2.28. The van der Waals surface area contributed by atoms with Crippen molar-refractivity contribution >= 4 is 22.4 Å². The molecule has 6 heteroatoms. The molecule has 0 aromatic carbocycles. The van der Waals surface area contributed by atoms with E-state index >= 15 is 0 Å². The highest BCUT2D eigenvalue weighted by atomic mass is 35.5. The van der Waals surface area contributed by atoms with E-state index in [-0.39, 0.29) is 18.2 Å². The topological polar surface area (TPSA) is 72.2 Å². The summed E-state index contributed by atoms with van der Waals surface area (Å²) in [5.41, 5.74) is 5.57. The standard InChI is InChI=1S/C9H22N2O2S.ClH/c1-4-7-14(12,13)11-8-9(10,5-2)6-3;/h11H,4-8,10H2,1-3H3;1H. The van der Waals surface area contributed by atoms with Gasteiger partial charge in [-0.05, 0) is 19.3 Å². The van der Waals surface area contributed by atoms with Crippen LogP contribution in [0.1, 0.15) is 40.0 Å². The third-order valence-electron chi connectivity index (χ3n) is 2.53. The molecular weight excluding hydrogens is 236 g/mol. The molecule has 0 radical (unpaired) electrons. The molecule has 0 spiro atoms. The second-order valence-corrected chi connectivity index (χ2v) is 5.64. The third-order valence-corrected chi connectivity index (χ3v) is 4.06. The molecule has 0 aliphatic heterocycles. The zero-order chi connectivity index (χ0) is 11.2. The van der Waals surface area contributed by atoms with Gasteiger partial charge in [-0.15, -0.1) is 12.4 Å². The molecule has 0 rings (SSSR count). The Bertz CT molecular complexity index is 251. The van der Waals surface area contributed by atoms with Crippen LogP contribution in [0, 0.1) is 0 Å². The highest BCUT2D eigenvalue weighted by molar-refractivity contribution is 7.89. The first-order chi connectivity index (χ1) is 6.39. The van der Waals surface area contributed by atoms with E-state index in [9.17, 15) is 8.42 Å². The van der Waals surface area contributed by atoms with Crippen LogP contribution in [0.3, 0.4) is 0 Å². The van der Waals surface area contributed by atoms with E-state index < -0.39 is 15.6 Å². The van der Waals surface area contributed by atoms with E-state index in [0.717, 1.165) is 12.8 Å². The lowest BCUT2D eigenvalue weighted by Gasteiger charge is -2.26. The lowest BCUT2D eigenvalue weighted by Crippen LogP contribution is -2.49. The first-order valence-corrected chi connectivity index (χ1v) is 6.80. The minimum atomic E-state index is -3.12. The number of sulfonamides is 1. The quantitative estimate of drug-likeness (QED) is 0.722. The number of hydrogen-bond acceptors (Lipinski definition) is 3. The van der Waals surface area contributed by atoms with E-state index in [0.29, 0.717) is 13.0 Å². The normalized spacial score (nSPS) is 12.3. The fourth-order valence-electron chi connectivity index (χ4n) is 1.09. The van der Waals surface area contributed by atoms with Crippen LogP contribution in [0.4, 0.5) is 0 Å². The molecule has 94 valence electrons. The Morgan fingerprint density at radius 1 is 1.20 bits per heavy atom. The van der Waals surface area contributed by atoms with E-state index in [2.05, 4.69) is 4.72 Å². The Balaban J connectivity index is 0. The molecule has 3 N–H and O–H groups in total. The van der Waals surface area contributed by atoms with Crippen molar-refractivity contribution in [2.75, 3.05) is 12.3 Å². The summed E-state index contributed by atoms with van der Waals surface area (Å²) < 4.78 is 25.2. The van der Waals surface area contributed by atoms with Crippen LogP contribution in [0.15, 0.2) is 0 Å². The first-order valence-electron chi connectivity index (χ1n) is 5.15. The van der Waals surface area contributed by atoms with Crippen LogP contribution in [-0.2, 0) is 10.0 Å². The highest BCUT2D eigenvalue weighted by Crippen LogP contribution is 2.09. The van der Waals surface area contributed by atoms with Gasteiger partial charge in [0.15, 0.2) is 0 Å². The Morgan fingerprint density at radius 2 is 1.67 bits per heavy atom. The Morgan fingerprint density at radius 3 is 2.00 bits per heavy atom. The van der Waals surface area contributed by atoms with Gasteiger partial charge in [-0.1, -0.05) is 20.8 Å². The predicted octanol–water partition coefficient (Wildman–Crippen LogP) is 1.26. The van der Waals surface area contributed by atoms with Crippen molar-refractivity contribution in [2.45, 2.75) is 45.6 Å². The van der Waals surface area contributed by atoms with Gasteiger partial charge in [0.1, 0.15) is 0 Å². The van der Waals surface area contributed by atoms with Crippen LogP contribution >= 0.6 is 12.4 Å². The van der Waals surface area contributed by atoms with Crippen molar-refractivity contribution in [3.8, 4) is 0 Å². The van der Waals surface area contributed by atoms with Crippen molar-refractivity contribution in [3.05, 3.63) is 0 Å². The maximum Gasteiger partial charge on any atom is 0.211 e. The molecule has 0 atom stereocenters. The summed E-state index contributed by atoms with van der Waals surface area (Å²) in [6.07, 6.45) is 2.18. The summed E-state index contributed by atoms with van der Waals surface area (Å²) in [6.45, 7) is 6.12. The van der Waals surface area contributed by atoms with Crippen molar-refractivity contribution in [2.24, 2.45) is 5.73 Å². The van der Waals surface area contributed by atoms with Crippen LogP contribution in [0.25, 0.3) is 0 Å². The monoisotopic (exact) mass is 258 g/mol. The van der Waals surface area contributed by atoms with E-state index in [1.54, 1.807) is 0 Å². The minimum Gasteiger partial charge on any atom is -0.324 e. The van der Waals surface area contributed by atoms with Crippen LogP contribution in [0.5, 0.6) is 0 Å². The summed E-state index contributed by atoms with van der Waals surface area (Å²) in [6, 6.07) is 0. The minimum absolute atomic E-state index is 0. The number of nitrogens with two attached hydrogens (primary N) is 1. The molecule has 0 fully saturated rings. The van der Waals surface area contributed by atoms with Crippen LogP contribution in [-0.4, -0.2) is 26.3 Å². The molecule has 0 heterocycles. The van der Waals surface area contributed by atoms with Crippen LogP contribution in [0.2, 0.25) is 0 Å². The maximum absolute atomic E-state index is 11.3. The largest absolute Gasteiger partial charge is 0.324 e. The lowest BCUT2D eigenvalue weighted by atomic mass is 9.95. The average molecular weight is 259 g/mol. The van der Waals surface area contributed by atoms with Gasteiger partial charge in [-0.25, -0.2) is 13.1 Å². The Hall–Kier alpha value is 0.160. The van der Waals surface area contributed by atoms with Crippen molar-refractivity contribution in [1.82, 2.24) is 4.72 Å². The molecule has 0 aromatic rings. The molecule has 0 saturated carbocycles. The summed E-state index contributed by atoms with van der Waals surface area (Å²) >= 11 is 0. The molecule has 0 bridgehead atoms. The molecular formula is C9H23ClN2O2S. The molecule has 4 nitrogen and oxygen atoms in total. The van der Waals surface area contributed by atoms with E-state index in [1.807, 2.05) is 20.8 Å². The number of halogens is 1. The van der Waals surface area contributed by atoms with Gasteiger partial charge >= 0.3 is 0 Å². The van der Waals surface area contributed by atoms with Crippen molar-refractivity contribution in [3.63, 3.8) is 0 Å². The van der Waals surface area contributed by atoms with Crippen molar-refractivity contribution < 1.29 is 8.42 Å². The van der Waals surface area contributed by atoms with Gasteiger partial charge in [0, 0.05) is 12.1 Å². The van der Waals surface area contributed by atoms with Crippen LogP contribution < -0.4 is 10.5 Å². The fraction of sp³-hybridized carbons (Fsp3) is 1.00. The molecule has 0 aromatic heterocycles. The van der Waals surface area contributed by atoms with Crippen molar-refractivity contribution in [1.29, 1.82) is 0 Å². The summed E-state index contributed by atoms with van der Waals surface area (Å²) in [5, 5.41) is 0. The van der Waals surface area contributed by atoms with E-state index in [4.69, 9.17) is 5.73 Å². The summed E-state index contributed by atoms with van der Waals surface area (Å²) in [5.74, 6) is 0.177. The third kappa shape index (κ3) is 7.11. The lowest BCUT2D eigenvalue weighted by molar-refractivity contribution is 0.391.